The summed E-state index contributed by atoms with van der Waals surface area (Å²) in [6, 6.07) is 10.5. The van der Waals surface area contributed by atoms with Crippen LogP contribution in [0.1, 0.15) is 21.5 Å². The van der Waals surface area contributed by atoms with Crippen molar-refractivity contribution in [2.24, 2.45) is 0 Å². The van der Waals surface area contributed by atoms with E-state index in [9.17, 15) is 9.90 Å². The molecular weight excluding hydrogens is 294 g/mol. The Labute approximate surface area is 135 Å². The Balaban J connectivity index is 1.88. The lowest BCUT2D eigenvalue weighted by molar-refractivity contribution is 0.0731. The molecule has 2 aromatic carbocycles. The summed E-state index contributed by atoms with van der Waals surface area (Å²) < 4.78 is 10.7. The summed E-state index contributed by atoms with van der Waals surface area (Å²) in [6.07, 6.45) is 0.745. The minimum absolute atomic E-state index is 0.00982. The Bertz CT molecular complexity index is 742. The van der Waals surface area contributed by atoms with Crippen molar-refractivity contribution < 1.29 is 19.4 Å². The molecule has 1 aliphatic rings. The van der Waals surface area contributed by atoms with Crippen molar-refractivity contribution in [3.63, 3.8) is 0 Å². The SMILES string of the molecule is COc1cc2c(cc1OC)CN(C(=O)c1ccccc1O)CC2. The molecule has 5 heteroatoms. The number of phenols is 1. The lowest BCUT2D eigenvalue weighted by Crippen LogP contribution is -2.36. The van der Waals surface area contributed by atoms with Gasteiger partial charge in [-0.3, -0.25) is 4.79 Å². The maximum absolute atomic E-state index is 12.6. The third-order valence-electron chi connectivity index (χ3n) is 4.14. The molecule has 1 amide bonds. The average molecular weight is 313 g/mol. The molecule has 0 unspecified atom stereocenters. The van der Waals surface area contributed by atoms with Gasteiger partial charge in [0.15, 0.2) is 11.5 Å². The standard InChI is InChI=1S/C18H19NO4/c1-22-16-9-12-7-8-19(11-13(12)10-17(16)23-2)18(21)14-5-3-4-6-15(14)20/h3-6,9-10,20H,7-8,11H2,1-2H3. The van der Waals surface area contributed by atoms with E-state index in [1.807, 2.05) is 12.1 Å². The zero-order valence-electron chi connectivity index (χ0n) is 13.2. The summed E-state index contributed by atoms with van der Waals surface area (Å²) in [4.78, 5) is 14.4. The van der Waals surface area contributed by atoms with Crippen LogP contribution in [0.3, 0.4) is 0 Å². The fourth-order valence-corrected chi connectivity index (χ4v) is 2.88. The van der Waals surface area contributed by atoms with Crippen LogP contribution in [-0.4, -0.2) is 36.7 Å². The third-order valence-corrected chi connectivity index (χ3v) is 4.14. The molecule has 1 N–H and O–H groups in total. The number of para-hydroxylation sites is 1. The smallest absolute Gasteiger partial charge is 0.257 e. The van der Waals surface area contributed by atoms with Gasteiger partial charge in [-0.1, -0.05) is 12.1 Å². The summed E-state index contributed by atoms with van der Waals surface area (Å²) in [5, 5.41) is 9.87. The molecular formula is C18H19NO4. The number of fused-ring (bicyclic) bond motifs is 1. The van der Waals surface area contributed by atoms with E-state index in [1.165, 1.54) is 6.07 Å². The van der Waals surface area contributed by atoms with Gasteiger partial charge in [-0.05, 0) is 41.8 Å². The fourth-order valence-electron chi connectivity index (χ4n) is 2.88. The number of hydrogen-bond donors (Lipinski definition) is 1. The van der Waals surface area contributed by atoms with Crippen molar-refractivity contribution in [3.05, 3.63) is 53.1 Å². The van der Waals surface area contributed by atoms with E-state index in [1.54, 1.807) is 37.3 Å². The number of amides is 1. The maximum atomic E-state index is 12.6. The van der Waals surface area contributed by atoms with Crippen LogP contribution in [0.4, 0.5) is 0 Å². The Morgan fingerprint density at radius 1 is 1.09 bits per heavy atom. The van der Waals surface area contributed by atoms with Crippen LogP contribution in [0.15, 0.2) is 36.4 Å². The van der Waals surface area contributed by atoms with Gasteiger partial charge in [0.25, 0.3) is 5.91 Å². The molecule has 3 rings (SSSR count). The van der Waals surface area contributed by atoms with Crippen molar-refractivity contribution >= 4 is 5.91 Å². The van der Waals surface area contributed by atoms with Gasteiger partial charge in [0.2, 0.25) is 0 Å². The van der Waals surface area contributed by atoms with E-state index >= 15 is 0 Å². The lowest BCUT2D eigenvalue weighted by Gasteiger charge is -2.30. The predicted octanol–water partition coefficient (Wildman–Crippen LogP) is 2.61. The molecule has 0 fully saturated rings. The van der Waals surface area contributed by atoms with Crippen LogP contribution < -0.4 is 9.47 Å². The van der Waals surface area contributed by atoms with Gasteiger partial charge in [0, 0.05) is 13.1 Å². The van der Waals surface area contributed by atoms with E-state index in [0.29, 0.717) is 30.2 Å². The summed E-state index contributed by atoms with van der Waals surface area (Å²) in [5.41, 5.74) is 2.53. The topological polar surface area (TPSA) is 59.0 Å². The first-order chi connectivity index (χ1) is 11.1. The molecule has 0 aliphatic carbocycles. The minimum atomic E-state index is -0.163. The zero-order valence-corrected chi connectivity index (χ0v) is 13.2. The highest BCUT2D eigenvalue weighted by molar-refractivity contribution is 5.96. The van der Waals surface area contributed by atoms with Crippen molar-refractivity contribution in [1.82, 2.24) is 4.90 Å². The van der Waals surface area contributed by atoms with Crippen molar-refractivity contribution in [3.8, 4) is 17.2 Å². The summed E-state index contributed by atoms with van der Waals surface area (Å²) >= 11 is 0. The highest BCUT2D eigenvalue weighted by atomic mass is 16.5. The van der Waals surface area contributed by atoms with Crippen molar-refractivity contribution in [1.29, 1.82) is 0 Å². The first-order valence-electron chi connectivity index (χ1n) is 7.45. The minimum Gasteiger partial charge on any atom is -0.507 e. The molecule has 0 saturated heterocycles. The van der Waals surface area contributed by atoms with Crippen LogP contribution in [0.2, 0.25) is 0 Å². The highest BCUT2D eigenvalue weighted by Gasteiger charge is 2.24. The number of aromatic hydroxyl groups is 1. The van der Waals surface area contributed by atoms with Crippen LogP contribution in [0, 0.1) is 0 Å². The molecule has 0 aromatic heterocycles. The molecule has 0 atom stereocenters. The Kier molecular flexibility index (Phi) is 4.10. The number of ether oxygens (including phenoxy) is 2. The second kappa shape index (κ2) is 6.20. The van der Waals surface area contributed by atoms with Crippen LogP contribution in [0.5, 0.6) is 17.2 Å². The third kappa shape index (κ3) is 2.82. The van der Waals surface area contributed by atoms with E-state index in [2.05, 4.69) is 0 Å². The number of benzene rings is 2. The molecule has 0 spiro atoms. The Morgan fingerprint density at radius 2 is 1.74 bits per heavy atom. The molecule has 1 heterocycles. The number of rotatable bonds is 3. The molecule has 0 radical (unpaired) electrons. The second-order valence-corrected chi connectivity index (χ2v) is 5.47. The number of hydrogen-bond acceptors (Lipinski definition) is 4. The van der Waals surface area contributed by atoms with Gasteiger partial charge in [0.05, 0.1) is 19.8 Å². The number of nitrogens with zero attached hydrogens (tertiary/aromatic N) is 1. The highest BCUT2D eigenvalue weighted by Crippen LogP contribution is 2.33. The van der Waals surface area contributed by atoms with Crippen LogP contribution in [-0.2, 0) is 13.0 Å². The van der Waals surface area contributed by atoms with Crippen molar-refractivity contribution in [2.45, 2.75) is 13.0 Å². The fraction of sp³-hybridized carbons (Fsp3) is 0.278. The number of carbonyl (C=O) groups excluding carboxylic acids is 1. The van der Waals surface area contributed by atoms with E-state index in [0.717, 1.165) is 17.5 Å². The van der Waals surface area contributed by atoms with E-state index in [-0.39, 0.29) is 11.7 Å². The zero-order chi connectivity index (χ0) is 16.4. The van der Waals surface area contributed by atoms with E-state index in [4.69, 9.17) is 9.47 Å². The Hall–Kier alpha value is -2.69. The predicted molar refractivity (Wildman–Crippen MR) is 86.1 cm³/mol. The molecule has 0 saturated carbocycles. The summed E-state index contributed by atoms with van der Waals surface area (Å²) in [5.74, 6) is 1.20. The average Bonchev–Trinajstić information content (AvgIpc) is 2.59. The van der Waals surface area contributed by atoms with Gasteiger partial charge >= 0.3 is 0 Å². The number of methoxy groups -OCH3 is 2. The first-order valence-corrected chi connectivity index (χ1v) is 7.45. The molecule has 0 bridgehead atoms. The lowest BCUT2D eigenvalue weighted by atomic mass is 9.98. The normalized spacial score (nSPS) is 13.4. The Morgan fingerprint density at radius 3 is 2.39 bits per heavy atom. The molecule has 23 heavy (non-hydrogen) atoms. The second-order valence-electron chi connectivity index (χ2n) is 5.47. The molecule has 1 aliphatic heterocycles. The van der Waals surface area contributed by atoms with Crippen LogP contribution >= 0.6 is 0 Å². The van der Waals surface area contributed by atoms with Gasteiger partial charge in [-0.2, -0.15) is 0 Å². The largest absolute Gasteiger partial charge is 0.507 e. The summed E-state index contributed by atoms with van der Waals surface area (Å²) in [6.45, 7) is 1.10. The van der Waals surface area contributed by atoms with Gasteiger partial charge < -0.3 is 19.5 Å². The monoisotopic (exact) mass is 313 g/mol. The quantitative estimate of drug-likeness (QED) is 0.946. The molecule has 2 aromatic rings. The number of phenolic OH excluding ortho intramolecular Hbond substituents is 1. The van der Waals surface area contributed by atoms with Gasteiger partial charge in [0.1, 0.15) is 5.75 Å². The van der Waals surface area contributed by atoms with Crippen LogP contribution in [0.25, 0.3) is 0 Å². The summed E-state index contributed by atoms with van der Waals surface area (Å²) in [7, 11) is 3.21. The molecule has 5 nitrogen and oxygen atoms in total. The molecule has 120 valence electrons. The number of carbonyl (C=O) groups is 1. The van der Waals surface area contributed by atoms with E-state index < -0.39 is 0 Å². The maximum Gasteiger partial charge on any atom is 0.257 e. The van der Waals surface area contributed by atoms with Crippen molar-refractivity contribution in [2.75, 3.05) is 20.8 Å². The first kappa shape index (κ1) is 15.2. The van der Waals surface area contributed by atoms with Gasteiger partial charge in [-0.15, -0.1) is 0 Å². The van der Waals surface area contributed by atoms with Gasteiger partial charge in [-0.25, -0.2) is 0 Å².